The molecule has 1 atom stereocenters. The summed E-state index contributed by atoms with van der Waals surface area (Å²) < 4.78 is 5.80. The summed E-state index contributed by atoms with van der Waals surface area (Å²) in [5.74, 6) is 1.46. The van der Waals surface area contributed by atoms with Crippen molar-refractivity contribution < 1.29 is 19.7 Å². The molecular formula is C18H18Br2O4. The van der Waals surface area contributed by atoms with E-state index in [4.69, 9.17) is 9.84 Å². The van der Waals surface area contributed by atoms with Crippen LogP contribution in [0.3, 0.4) is 0 Å². The Morgan fingerprint density at radius 3 is 2.33 bits per heavy atom. The summed E-state index contributed by atoms with van der Waals surface area (Å²) in [7, 11) is 0. The molecule has 0 spiro atoms. The van der Waals surface area contributed by atoms with Gasteiger partial charge in [-0.1, -0.05) is 51.8 Å². The van der Waals surface area contributed by atoms with Crippen molar-refractivity contribution in [2.75, 3.05) is 5.33 Å². The Kier molecular flexibility index (Phi) is 6.29. The van der Waals surface area contributed by atoms with Crippen molar-refractivity contribution in [3.05, 3.63) is 42.0 Å². The van der Waals surface area contributed by atoms with Gasteiger partial charge < -0.3 is 14.9 Å². The number of aliphatic carboxylic acids is 1. The first-order chi connectivity index (χ1) is 11.3. The molecule has 0 amide bonds. The topological polar surface area (TPSA) is 66.8 Å². The van der Waals surface area contributed by atoms with Gasteiger partial charge >= 0.3 is 5.97 Å². The van der Waals surface area contributed by atoms with E-state index < -0.39 is 10.8 Å². The minimum absolute atomic E-state index is 0.282. The molecule has 0 aliphatic heterocycles. The van der Waals surface area contributed by atoms with E-state index in [1.165, 1.54) is 11.1 Å². The molecule has 0 heterocycles. The summed E-state index contributed by atoms with van der Waals surface area (Å²) in [5.41, 5.74) is 3.38. The van der Waals surface area contributed by atoms with Crippen molar-refractivity contribution >= 4 is 37.8 Å². The van der Waals surface area contributed by atoms with Gasteiger partial charge in [-0.15, -0.1) is 0 Å². The summed E-state index contributed by atoms with van der Waals surface area (Å²) in [4.78, 5) is 9.40. The summed E-state index contributed by atoms with van der Waals surface area (Å²) in [6, 6.07) is 11.5. The van der Waals surface area contributed by atoms with Gasteiger partial charge in [0.15, 0.2) is 0 Å². The number of hydrogen-bond acceptors (Lipinski definition) is 3. The molecule has 3 rings (SSSR count). The van der Waals surface area contributed by atoms with Gasteiger partial charge in [-0.25, -0.2) is 0 Å². The molecule has 2 aliphatic rings. The van der Waals surface area contributed by atoms with E-state index in [0.29, 0.717) is 11.1 Å². The third-order valence-electron chi connectivity index (χ3n) is 3.46. The standard InChI is InChI=1S/C15H14O2.C3H4Br2O2/c1-9(2)12-8-11(4-5-14(12)16)17-15-6-3-10-7-13(10)15;4-1-2(5)3(6)7/h3-9,16H,1-2H3;2H,1H2,(H,6,7). The van der Waals surface area contributed by atoms with Crippen LogP contribution in [0.25, 0.3) is 11.1 Å². The Bertz CT molecular complexity index is 744. The van der Waals surface area contributed by atoms with Crippen LogP contribution < -0.4 is 4.74 Å². The number of carboxylic acids is 1. The highest BCUT2D eigenvalue weighted by Crippen LogP contribution is 2.45. The zero-order chi connectivity index (χ0) is 17.9. The molecule has 0 fully saturated rings. The summed E-state index contributed by atoms with van der Waals surface area (Å²) in [6.07, 6.45) is 0. The highest BCUT2D eigenvalue weighted by molar-refractivity contribution is 9.12. The lowest BCUT2D eigenvalue weighted by Gasteiger charge is -2.11. The number of rotatable bonds is 5. The highest BCUT2D eigenvalue weighted by Gasteiger charge is 2.19. The number of ether oxygens (including phenoxy) is 1. The molecule has 0 saturated heterocycles. The first-order valence-electron chi connectivity index (χ1n) is 7.41. The minimum Gasteiger partial charge on any atom is -0.508 e. The Morgan fingerprint density at radius 1 is 1.21 bits per heavy atom. The van der Waals surface area contributed by atoms with Crippen LogP contribution >= 0.6 is 31.9 Å². The fourth-order valence-electron chi connectivity index (χ4n) is 2.07. The molecule has 1 unspecified atom stereocenters. The first-order valence-corrected chi connectivity index (χ1v) is 9.45. The molecule has 4 nitrogen and oxygen atoms in total. The van der Waals surface area contributed by atoms with Crippen LogP contribution in [-0.2, 0) is 4.79 Å². The lowest BCUT2D eigenvalue weighted by atomic mass is 10.0. The van der Waals surface area contributed by atoms with Gasteiger partial charge in [0.1, 0.15) is 22.1 Å². The third-order valence-corrected chi connectivity index (χ3v) is 5.69. The normalized spacial score (nSPS) is 12.2. The number of halogens is 2. The Morgan fingerprint density at radius 2 is 1.92 bits per heavy atom. The first kappa shape index (κ1) is 18.8. The predicted molar refractivity (Wildman–Crippen MR) is 102 cm³/mol. The van der Waals surface area contributed by atoms with Crippen LogP contribution in [-0.4, -0.2) is 26.3 Å². The van der Waals surface area contributed by atoms with Crippen LogP contribution in [0.5, 0.6) is 17.2 Å². The molecular weight excluding hydrogens is 440 g/mol. The number of phenols is 1. The fraction of sp³-hybridized carbons (Fsp3) is 0.278. The molecule has 1 aromatic rings. The second-order valence-corrected chi connectivity index (χ2v) is 7.40. The SMILES string of the molecule is CC(C)c1cc(Oc2ccc3cc2-3)ccc1O.O=C(O)C(Br)CBr. The maximum absolute atomic E-state index is 9.85. The van der Waals surface area contributed by atoms with E-state index in [-0.39, 0.29) is 5.92 Å². The van der Waals surface area contributed by atoms with Crippen LogP contribution in [0, 0.1) is 0 Å². The Hall–Kier alpha value is -1.53. The lowest BCUT2D eigenvalue weighted by molar-refractivity contribution is -0.135. The zero-order valence-corrected chi connectivity index (χ0v) is 16.5. The second kappa shape index (κ2) is 8.03. The fourth-order valence-corrected chi connectivity index (χ4v) is 2.34. The predicted octanol–water partition coefficient (Wildman–Crippen LogP) is 5.52. The molecule has 1 aromatic carbocycles. The summed E-state index contributed by atoms with van der Waals surface area (Å²) in [5, 5.41) is 18.3. The second-order valence-electron chi connectivity index (χ2n) is 5.65. The average molecular weight is 458 g/mol. The molecule has 128 valence electrons. The van der Waals surface area contributed by atoms with Crippen molar-refractivity contribution in [2.45, 2.75) is 24.6 Å². The number of carbonyl (C=O) groups is 1. The summed E-state index contributed by atoms with van der Waals surface area (Å²) in [6.45, 7) is 4.10. The number of hydrogen-bond donors (Lipinski definition) is 2. The van der Waals surface area contributed by atoms with Gasteiger partial charge in [0.05, 0.1) is 0 Å². The van der Waals surface area contributed by atoms with Crippen molar-refractivity contribution in [2.24, 2.45) is 0 Å². The number of alkyl halides is 2. The van der Waals surface area contributed by atoms with Crippen molar-refractivity contribution in [3.8, 4) is 28.4 Å². The van der Waals surface area contributed by atoms with Gasteiger partial charge in [-0.05, 0) is 41.8 Å². The monoisotopic (exact) mass is 456 g/mol. The number of phenolic OH excluding ortho intramolecular Hbond substituents is 1. The molecule has 0 radical (unpaired) electrons. The van der Waals surface area contributed by atoms with E-state index in [1.54, 1.807) is 12.1 Å². The largest absolute Gasteiger partial charge is 0.508 e. The lowest BCUT2D eigenvalue weighted by Crippen LogP contribution is -2.12. The molecule has 24 heavy (non-hydrogen) atoms. The molecule has 0 aromatic heterocycles. The molecule has 2 aliphatic carbocycles. The Balaban J connectivity index is 0.000000256. The number of aromatic hydroxyl groups is 1. The van der Waals surface area contributed by atoms with E-state index in [9.17, 15) is 9.90 Å². The van der Waals surface area contributed by atoms with Crippen LogP contribution in [0.4, 0.5) is 0 Å². The minimum atomic E-state index is -0.836. The third kappa shape index (κ3) is 4.74. The van der Waals surface area contributed by atoms with Gasteiger partial charge in [-0.3, -0.25) is 4.79 Å². The highest BCUT2D eigenvalue weighted by atomic mass is 79.9. The Labute approximate surface area is 157 Å². The summed E-state index contributed by atoms with van der Waals surface area (Å²) >= 11 is 5.88. The molecule has 0 bridgehead atoms. The number of benzene rings is 2. The van der Waals surface area contributed by atoms with E-state index in [0.717, 1.165) is 17.1 Å². The van der Waals surface area contributed by atoms with Crippen LogP contribution in [0.1, 0.15) is 25.3 Å². The van der Waals surface area contributed by atoms with E-state index in [1.807, 2.05) is 12.1 Å². The maximum atomic E-state index is 9.85. The van der Waals surface area contributed by atoms with Crippen molar-refractivity contribution in [1.82, 2.24) is 0 Å². The van der Waals surface area contributed by atoms with Gasteiger partial charge in [-0.2, -0.15) is 0 Å². The van der Waals surface area contributed by atoms with Gasteiger partial charge in [0.25, 0.3) is 0 Å². The van der Waals surface area contributed by atoms with Crippen LogP contribution in [0.15, 0.2) is 36.4 Å². The number of carboxylic acid groups (broad SMARTS) is 1. The van der Waals surface area contributed by atoms with Crippen molar-refractivity contribution in [1.29, 1.82) is 0 Å². The quantitative estimate of drug-likeness (QED) is 0.495. The van der Waals surface area contributed by atoms with Crippen LogP contribution in [0.2, 0.25) is 0 Å². The van der Waals surface area contributed by atoms with Gasteiger partial charge in [0, 0.05) is 16.5 Å². The molecule has 0 saturated carbocycles. The van der Waals surface area contributed by atoms with E-state index >= 15 is 0 Å². The van der Waals surface area contributed by atoms with Gasteiger partial charge in [0.2, 0.25) is 0 Å². The average Bonchev–Trinajstić information content (AvgIpc) is 3.23. The maximum Gasteiger partial charge on any atom is 0.318 e. The zero-order valence-electron chi connectivity index (χ0n) is 13.3. The molecule has 6 heteroatoms. The smallest absolute Gasteiger partial charge is 0.318 e. The molecule has 2 N–H and O–H groups in total. The van der Waals surface area contributed by atoms with Crippen molar-refractivity contribution in [3.63, 3.8) is 0 Å². The number of fused-ring (bicyclic) bond motifs is 1. The van der Waals surface area contributed by atoms with E-state index in [2.05, 4.69) is 57.8 Å².